The molecule has 3 rings (SSSR count). The summed E-state index contributed by atoms with van der Waals surface area (Å²) in [5, 5.41) is 2.85. The molecule has 2 aromatic heterocycles. The average molecular weight is 374 g/mol. The molecule has 6 heteroatoms. The van der Waals surface area contributed by atoms with Crippen molar-refractivity contribution in [2.24, 2.45) is 0 Å². The fourth-order valence-electron chi connectivity index (χ4n) is 2.77. The lowest BCUT2D eigenvalue weighted by Crippen LogP contribution is -2.31. The molecule has 1 N–H and O–H groups in total. The van der Waals surface area contributed by atoms with Crippen LogP contribution in [-0.4, -0.2) is 33.2 Å². The maximum Gasteiger partial charge on any atom is 0.272 e. The Bertz CT molecular complexity index is 930. The highest BCUT2D eigenvalue weighted by atomic mass is 16.2. The van der Waals surface area contributed by atoms with E-state index >= 15 is 0 Å². The minimum atomic E-state index is -0.251. The Morgan fingerprint density at radius 3 is 2.43 bits per heavy atom. The molecule has 0 saturated carbocycles. The Labute approximate surface area is 164 Å². The topological polar surface area (TPSA) is 75.2 Å². The van der Waals surface area contributed by atoms with Gasteiger partial charge in [0.25, 0.3) is 11.8 Å². The van der Waals surface area contributed by atoms with E-state index in [0.29, 0.717) is 25.2 Å². The number of amides is 2. The summed E-state index contributed by atoms with van der Waals surface area (Å²) in [7, 11) is 0. The van der Waals surface area contributed by atoms with E-state index in [0.717, 1.165) is 11.1 Å². The molecular formula is C22H22N4O2. The zero-order valence-electron chi connectivity index (χ0n) is 15.7. The van der Waals surface area contributed by atoms with Crippen LogP contribution in [0.5, 0.6) is 0 Å². The molecule has 1 aromatic carbocycles. The first-order valence-corrected chi connectivity index (χ1v) is 9.13. The standard InChI is InChI=1S/C22H22N4O2/c1-2-26(16-18-6-4-3-5-7-18)22(28)20-14-19(10-13-24-20)21(27)25-15-17-8-11-23-12-9-17/h3-14H,2,15-16H2,1H3,(H,25,27). The minimum Gasteiger partial charge on any atom is -0.348 e. The molecule has 28 heavy (non-hydrogen) atoms. The molecule has 0 fully saturated rings. The van der Waals surface area contributed by atoms with Crippen LogP contribution < -0.4 is 5.32 Å². The summed E-state index contributed by atoms with van der Waals surface area (Å²) in [5.74, 6) is -0.450. The molecule has 0 radical (unpaired) electrons. The van der Waals surface area contributed by atoms with Crippen LogP contribution in [0.15, 0.2) is 73.2 Å². The van der Waals surface area contributed by atoms with Crippen LogP contribution in [0, 0.1) is 0 Å². The lowest BCUT2D eigenvalue weighted by atomic mass is 10.1. The van der Waals surface area contributed by atoms with E-state index in [1.165, 1.54) is 12.3 Å². The maximum absolute atomic E-state index is 12.9. The van der Waals surface area contributed by atoms with Gasteiger partial charge in [0.15, 0.2) is 0 Å². The Morgan fingerprint density at radius 1 is 0.964 bits per heavy atom. The third-order valence-corrected chi connectivity index (χ3v) is 4.33. The number of benzene rings is 1. The van der Waals surface area contributed by atoms with Crippen LogP contribution in [0.2, 0.25) is 0 Å². The van der Waals surface area contributed by atoms with Crippen LogP contribution in [0.4, 0.5) is 0 Å². The predicted octanol–water partition coefficient (Wildman–Crippen LogP) is 3.07. The van der Waals surface area contributed by atoms with E-state index in [2.05, 4.69) is 15.3 Å². The molecular weight excluding hydrogens is 352 g/mol. The highest BCUT2D eigenvalue weighted by molar-refractivity contribution is 5.98. The quantitative estimate of drug-likeness (QED) is 0.690. The number of hydrogen-bond acceptors (Lipinski definition) is 4. The Balaban J connectivity index is 1.68. The third kappa shape index (κ3) is 5.01. The summed E-state index contributed by atoms with van der Waals surface area (Å²) in [6.07, 6.45) is 4.85. The van der Waals surface area contributed by atoms with Gasteiger partial charge in [0.1, 0.15) is 5.69 Å². The monoisotopic (exact) mass is 374 g/mol. The van der Waals surface area contributed by atoms with E-state index in [1.807, 2.05) is 49.4 Å². The first-order valence-electron chi connectivity index (χ1n) is 9.13. The van der Waals surface area contributed by atoms with Gasteiger partial charge in [-0.25, -0.2) is 0 Å². The number of carbonyl (C=O) groups excluding carboxylic acids is 2. The van der Waals surface area contributed by atoms with Gasteiger partial charge in [-0.1, -0.05) is 30.3 Å². The lowest BCUT2D eigenvalue weighted by Gasteiger charge is -2.20. The molecule has 2 amide bonds. The van der Waals surface area contributed by atoms with E-state index < -0.39 is 0 Å². The van der Waals surface area contributed by atoms with Crippen molar-refractivity contribution in [1.82, 2.24) is 20.2 Å². The molecule has 0 aliphatic carbocycles. The van der Waals surface area contributed by atoms with E-state index in [-0.39, 0.29) is 17.5 Å². The van der Waals surface area contributed by atoms with Crippen molar-refractivity contribution >= 4 is 11.8 Å². The summed E-state index contributed by atoms with van der Waals surface area (Å²) in [4.78, 5) is 35.1. The summed E-state index contributed by atoms with van der Waals surface area (Å²) < 4.78 is 0. The first-order chi connectivity index (χ1) is 13.7. The molecule has 0 aliphatic rings. The smallest absolute Gasteiger partial charge is 0.272 e. The summed E-state index contributed by atoms with van der Waals surface area (Å²) in [6, 6.07) is 16.6. The number of nitrogens with one attached hydrogen (secondary N) is 1. The number of hydrogen-bond donors (Lipinski definition) is 1. The molecule has 0 spiro atoms. The van der Waals surface area contributed by atoms with E-state index in [1.54, 1.807) is 23.4 Å². The third-order valence-electron chi connectivity index (χ3n) is 4.33. The summed E-state index contributed by atoms with van der Waals surface area (Å²) >= 11 is 0. The van der Waals surface area contributed by atoms with Crippen LogP contribution in [0.1, 0.15) is 38.9 Å². The molecule has 2 heterocycles. The molecule has 0 saturated heterocycles. The second kappa shape index (κ2) is 9.41. The molecule has 3 aromatic rings. The molecule has 6 nitrogen and oxygen atoms in total. The summed E-state index contributed by atoms with van der Waals surface area (Å²) in [5.41, 5.74) is 2.66. The number of pyridine rings is 2. The van der Waals surface area contributed by atoms with Crippen molar-refractivity contribution in [3.8, 4) is 0 Å². The largest absolute Gasteiger partial charge is 0.348 e. The highest BCUT2D eigenvalue weighted by Gasteiger charge is 2.17. The van der Waals surface area contributed by atoms with Crippen molar-refractivity contribution in [3.05, 3.63) is 95.6 Å². The highest BCUT2D eigenvalue weighted by Crippen LogP contribution is 2.10. The molecule has 0 bridgehead atoms. The number of carbonyl (C=O) groups is 2. The average Bonchev–Trinajstić information content (AvgIpc) is 2.77. The number of aromatic nitrogens is 2. The van der Waals surface area contributed by atoms with Crippen LogP contribution in [-0.2, 0) is 13.1 Å². The predicted molar refractivity (Wildman–Crippen MR) is 107 cm³/mol. The maximum atomic E-state index is 12.9. The number of nitrogens with zero attached hydrogens (tertiary/aromatic N) is 3. The van der Waals surface area contributed by atoms with Gasteiger partial charge in [0, 0.05) is 43.8 Å². The van der Waals surface area contributed by atoms with Gasteiger partial charge in [-0.15, -0.1) is 0 Å². The Kier molecular flexibility index (Phi) is 6.46. The molecule has 0 atom stereocenters. The van der Waals surface area contributed by atoms with Crippen LogP contribution in [0.3, 0.4) is 0 Å². The first kappa shape index (κ1) is 19.2. The van der Waals surface area contributed by atoms with Gasteiger partial charge in [0.05, 0.1) is 0 Å². The normalized spacial score (nSPS) is 10.3. The van der Waals surface area contributed by atoms with E-state index in [4.69, 9.17) is 0 Å². The molecule has 0 aliphatic heterocycles. The van der Waals surface area contributed by atoms with Gasteiger partial charge in [-0.3, -0.25) is 19.6 Å². The minimum absolute atomic E-state index is 0.199. The molecule has 142 valence electrons. The van der Waals surface area contributed by atoms with Crippen molar-refractivity contribution in [2.75, 3.05) is 6.54 Å². The summed E-state index contributed by atoms with van der Waals surface area (Å²) in [6.45, 7) is 3.36. The van der Waals surface area contributed by atoms with Gasteiger partial charge in [-0.2, -0.15) is 0 Å². The van der Waals surface area contributed by atoms with Crippen LogP contribution >= 0.6 is 0 Å². The van der Waals surface area contributed by atoms with Gasteiger partial charge in [0.2, 0.25) is 0 Å². The second-order valence-corrected chi connectivity index (χ2v) is 6.27. The molecule has 0 unspecified atom stereocenters. The van der Waals surface area contributed by atoms with Crippen molar-refractivity contribution < 1.29 is 9.59 Å². The van der Waals surface area contributed by atoms with Gasteiger partial charge < -0.3 is 10.2 Å². The van der Waals surface area contributed by atoms with Crippen molar-refractivity contribution in [1.29, 1.82) is 0 Å². The lowest BCUT2D eigenvalue weighted by molar-refractivity contribution is 0.0746. The second-order valence-electron chi connectivity index (χ2n) is 6.27. The van der Waals surface area contributed by atoms with Gasteiger partial charge >= 0.3 is 0 Å². The Hall–Kier alpha value is -3.54. The SMILES string of the molecule is CCN(Cc1ccccc1)C(=O)c1cc(C(=O)NCc2ccncc2)ccn1. The van der Waals surface area contributed by atoms with Gasteiger partial charge in [-0.05, 0) is 42.3 Å². The zero-order valence-corrected chi connectivity index (χ0v) is 15.7. The fourth-order valence-corrected chi connectivity index (χ4v) is 2.77. The fraction of sp³-hybridized carbons (Fsp3) is 0.182. The number of rotatable bonds is 7. The van der Waals surface area contributed by atoms with Crippen molar-refractivity contribution in [2.45, 2.75) is 20.0 Å². The Morgan fingerprint density at radius 2 is 1.71 bits per heavy atom. The van der Waals surface area contributed by atoms with Crippen LogP contribution in [0.25, 0.3) is 0 Å². The van der Waals surface area contributed by atoms with Crippen molar-refractivity contribution in [3.63, 3.8) is 0 Å². The zero-order chi connectivity index (χ0) is 19.8. The van der Waals surface area contributed by atoms with E-state index in [9.17, 15) is 9.59 Å².